The largest absolute Gasteiger partial charge is 0.461 e. The second-order valence-corrected chi connectivity index (χ2v) is 3.40. The minimum Gasteiger partial charge on any atom is -0.461 e. The Morgan fingerprint density at radius 1 is 1.43 bits per heavy atom. The number of rotatable bonds is 5. The van der Waals surface area contributed by atoms with Gasteiger partial charge in [-0.2, -0.15) is 0 Å². The van der Waals surface area contributed by atoms with E-state index >= 15 is 0 Å². The first kappa shape index (κ1) is 12.7. The van der Waals surface area contributed by atoms with E-state index in [0.717, 1.165) is 11.1 Å². The van der Waals surface area contributed by atoms with Crippen molar-refractivity contribution in [1.29, 1.82) is 0 Å². The first-order valence-electron chi connectivity index (χ1n) is 4.56. The highest BCUT2D eigenvalue weighted by Crippen LogP contribution is 2.13. The van der Waals surface area contributed by atoms with Crippen LogP contribution in [0.5, 0.6) is 0 Å². The lowest BCUT2D eigenvalue weighted by molar-refractivity contribution is -0.139. The van der Waals surface area contributed by atoms with E-state index in [2.05, 4.69) is 13.2 Å². The van der Waals surface area contributed by atoms with Crippen molar-refractivity contribution in [3.8, 4) is 0 Å². The standard InChI is InChI=1S/C12H18O2/c1-6-12(9(2)3)7-10(4)8-14-11(5)13/h6-7,12H,1-2,8H2,3-5H3. The summed E-state index contributed by atoms with van der Waals surface area (Å²) in [4.78, 5) is 10.6. The molecule has 0 saturated carbocycles. The third-order valence-electron chi connectivity index (χ3n) is 1.79. The molecule has 0 spiro atoms. The molecule has 0 aromatic heterocycles. The molecular formula is C12H18O2. The Hall–Kier alpha value is -1.31. The van der Waals surface area contributed by atoms with Gasteiger partial charge in [0.15, 0.2) is 0 Å². The molecule has 2 nitrogen and oxygen atoms in total. The molecule has 0 aliphatic heterocycles. The Morgan fingerprint density at radius 2 is 2.00 bits per heavy atom. The van der Waals surface area contributed by atoms with Crippen LogP contribution in [0, 0.1) is 5.92 Å². The summed E-state index contributed by atoms with van der Waals surface area (Å²) in [6.45, 7) is 13.2. The molecule has 0 radical (unpaired) electrons. The van der Waals surface area contributed by atoms with Gasteiger partial charge in [0.25, 0.3) is 0 Å². The van der Waals surface area contributed by atoms with Gasteiger partial charge >= 0.3 is 5.97 Å². The van der Waals surface area contributed by atoms with Gasteiger partial charge in [0.2, 0.25) is 0 Å². The molecule has 14 heavy (non-hydrogen) atoms. The zero-order valence-electron chi connectivity index (χ0n) is 9.17. The van der Waals surface area contributed by atoms with Crippen molar-refractivity contribution >= 4 is 5.97 Å². The summed E-state index contributed by atoms with van der Waals surface area (Å²) in [6.07, 6.45) is 3.82. The minimum absolute atomic E-state index is 0.158. The molecule has 0 aliphatic rings. The van der Waals surface area contributed by atoms with E-state index in [1.165, 1.54) is 6.92 Å². The molecule has 0 heterocycles. The molecule has 0 aromatic carbocycles. The van der Waals surface area contributed by atoms with Crippen LogP contribution in [0.4, 0.5) is 0 Å². The van der Waals surface area contributed by atoms with Gasteiger partial charge < -0.3 is 4.74 Å². The smallest absolute Gasteiger partial charge is 0.302 e. The van der Waals surface area contributed by atoms with Crippen LogP contribution in [0.1, 0.15) is 20.8 Å². The summed E-state index contributed by atoms with van der Waals surface area (Å²) >= 11 is 0. The average molecular weight is 194 g/mol. The maximum atomic E-state index is 10.6. The van der Waals surface area contributed by atoms with Crippen molar-refractivity contribution in [2.24, 2.45) is 5.92 Å². The third kappa shape index (κ3) is 5.36. The molecule has 0 bridgehead atoms. The second kappa shape index (κ2) is 6.19. The molecule has 1 atom stereocenters. The van der Waals surface area contributed by atoms with Crippen LogP contribution in [-0.2, 0) is 9.53 Å². The van der Waals surface area contributed by atoms with Crippen molar-refractivity contribution in [2.45, 2.75) is 20.8 Å². The van der Waals surface area contributed by atoms with Crippen LogP contribution in [-0.4, -0.2) is 12.6 Å². The number of ether oxygens (including phenoxy) is 1. The molecule has 0 amide bonds. The van der Waals surface area contributed by atoms with Crippen LogP contribution >= 0.6 is 0 Å². The molecule has 0 fully saturated rings. The Balaban J connectivity index is 4.25. The monoisotopic (exact) mass is 194 g/mol. The quantitative estimate of drug-likeness (QED) is 0.497. The molecule has 0 saturated heterocycles. The highest BCUT2D eigenvalue weighted by molar-refractivity contribution is 5.66. The fraction of sp³-hybridized carbons (Fsp3) is 0.417. The fourth-order valence-corrected chi connectivity index (χ4v) is 0.982. The van der Waals surface area contributed by atoms with Crippen LogP contribution in [0.3, 0.4) is 0 Å². The molecular weight excluding hydrogens is 176 g/mol. The van der Waals surface area contributed by atoms with Crippen LogP contribution in [0.25, 0.3) is 0 Å². The summed E-state index contributed by atoms with van der Waals surface area (Å²) < 4.78 is 4.86. The highest BCUT2D eigenvalue weighted by atomic mass is 16.5. The summed E-state index contributed by atoms with van der Waals surface area (Å²) in [6, 6.07) is 0. The van der Waals surface area contributed by atoms with Gasteiger partial charge in [0, 0.05) is 12.8 Å². The van der Waals surface area contributed by atoms with Crippen LogP contribution < -0.4 is 0 Å². The third-order valence-corrected chi connectivity index (χ3v) is 1.79. The first-order valence-corrected chi connectivity index (χ1v) is 4.56. The van der Waals surface area contributed by atoms with E-state index in [9.17, 15) is 4.79 Å². The number of allylic oxidation sites excluding steroid dienone is 3. The van der Waals surface area contributed by atoms with Crippen molar-refractivity contribution < 1.29 is 9.53 Å². The maximum absolute atomic E-state index is 10.6. The van der Waals surface area contributed by atoms with E-state index in [1.807, 2.05) is 26.0 Å². The molecule has 0 rings (SSSR count). The van der Waals surface area contributed by atoms with E-state index < -0.39 is 0 Å². The number of carbonyl (C=O) groups excluding carboxylic acids is 1. The van der Waals surface area contributed by atoms with Crippen molar-refractivity contribution in [3.63, 3.8) is 0 Å². The van der Waals surface area contributed by atoms with Crippen molar-refractivity contribution in [3.05, 3.63) is 36.5 Å². The van der Waals surface area contributed by atoms with Gasteiger partial charge in [-0.25, -0.2) is 0 Å². The fourth-order valence-electron chi connectivity index (χ4n) is 0.982. The number of hydrogen-bond donors (Lipinski definition) is 0. The summed E-state index contributed by atoms with van der Waals surface area (Å²) in [5, 5.41) is 0. The summed E-state index contributed by atoms with van der Waals surface area (Å²) in [5.74, 6) is -0.103. The first-order chi connectivity index (χ1) is 6.47. The number of hydrogen-bond acceptors (Lipinski definition) is 2. The normalized spacial score (nSPS) is 13.2. The van der Waals surface area contributed by atoms with Gasteiger partial charge in [0.05, 0.1) is 0 Å². The van der Waals surface area contributed by atoms with E-state index in [4.69, 9.17) is 4.74 Å². The second-order valence-electron chi connectivity index (χ2n) is 3.40. The SMILES string of the molecule is C=CC(C=C(C)COC(C)=O)C(=C)C. The zero-order valence-corrected chi connectivity index (χ0v) is 9.17. The highest BCUT2D eigenvalue weighted by Gasteiger charge is 2.02. The van der Waals surface area contributed by atoms with Crippen LogP contribution in [0.15, 0.2) is 36.5 Å². The lowest BCUT2D eigenvalue weighted by Crippen LogP contribution is -2.03. The van der Waals surface area contributed by atoms with Crippen molar-refractivity contribution in [1.82, 2.24) is 0 Å². The minimum atomic E-state index is -0.261. The molecule has 1 unspecified atom stereocenters. The Bertz CT molecular complexity index is 261. The van der Waals surface area contributed by atoms with Gasteiger partial charge in [-0.15, -0.1) is 6.58 Å². The van der Waals surface area contributed by atoms with Gasteiger partial charge in [-0.05, 0) is 19.4 Å². The predicted octanol–water partition coefficient (Wildman–Crippen LogP) is 2.87. The number of esters is 1. The molecule has 0 N–H and O–H groups in total. The predicted molar refractivity (Wildman–Crippen MR) is 58.9 cm³/mol. The Kier molecular flexibility index (Phi) is 5.61. The summed E-state index contributed by atoms with van der Waals surface area (Å²) in [7, 11) is 0. The van der Waals surface area contributed by atoms with Gasteiger partial charge in [-0.1, -0.05) is 24.3 Å². The molecule has 2 heteroatoms. The summed E-state index contributed by atoms with van der Waals surface area (Å²) in [5.41, 5.74) is 2.04. The van der Waals surface area contributed by atoms with Crippen LogP contribution in [0.2, 0.25) is 0 Å². The lowest BCUT2D eigenvalue weighted by atomic mass is 10.00. The maximum Gasteiger partial charge on any atom is 0.302 e. The topological polar surface area (TPSA) is 26.3 Å². The molecule has 0 aromatic rings. The number of carbonyl (C=O) groups is 1. The van der Waals surface area contributed by atoms with E-state index in [1.54, 1.807) is 0 Å². The Morgan fingerprint density at radius 3 is 2.36 bits per heavy atom. The van der Waals surface area contributed by atoms with Gasteiger partial charge in [0.1, 0.15) is 6.61 Å². The van der Waals surface area contributed by atoms with Crippen molar-refractivity contribution in [2.75, 3.05) is 6.61 Å². The Labute approximate surface area is 86.0 Å². The average Bonchev–Trinajstić information content (AvgIpc) is 2.10. The van der Waals surface area contributed by atoms with E-state index in [-0.39, 0.29) is 11.9 Å². The van der Waals surface area contributed by atoms with Gasteiger partial charge in [-0.3, -0.25) is 4.79 Å². The molecule has 78 valence electrons. The van der Waals surface area contributed by atoms with E-state index in [0.29, 0.717) is 6.61 Å². The zero-order chi connectivity index (χ0) is 11.1. The molecule has 0 aliphatic carbocycles. The lowest BCUT2D eigenvalue weighted by Gasteiger charge is -2.09.